The predicted octanol–water partition coefficient (Wildman–Crippen LogP) is 6.75. The molecule has 0 aromatic heterocycles. The molecular formula is C22H32O2. The lowest BCUT2D eigenvalue weighted by molar-refractivity contribution is 0.448. The number of allylic oxidation sites excluding steroid dienone is 5. The highest BCUT2D eigenvalue weighted by Gasteiger charge is 2.01. The van der Waals surface area contributed by atoms with Crippen molar-refractivity contribution < 1.29 is 10.2 Å². The summed E-state index contributed by atoms with van der Waals surface area (Å²) < 4.78 is 0. The fourth-order valence-corrected chi connectivity index (χ4v) is 2.52. The Morgan fingerprint density at radius 2 is 1.58 bits per heavy atom. The van der Waals surface area contributed by atoms with Crippen molar-refractivity contribution in [2.45, 2.75) is 65.2 Å². The van der Waals surface area contributed by atoms with Gasteiger partial charge < -0.3 is 10.2 Å². The Labute approximate surface area is 147 Å². The third kappa shape index (κ3) is 8.61. The van der Waals surface area contributed by atoms with Crippen LogP contribution in [0.3, 0.4) is 0 Å². The lowest BCUT2D eigenvalue weighted by Gasteiger charge is -2.01. The first-order valence-electron chi connectivity index (χ1n) is 9.17. The van der Waals surface area contributed by atoms with E-state index < -0.39 is 0 Å². The van der Waals surface area contributed by atoms with E-state index in [9.17, 15) is 10.2 Å². The summed E-state index contributed by atoms with van der Waals surface area (Å²) in [5.74, 6) is 0.182. The van der Waals surface area contributed by atoms with Gasteiger partial charge in [-0.2, -0.15) is 0 Å². The lowest BCUT2D eigenvalue weighted by atomic mass is 10.1. The molecule has 1 rings (SSSR count). The van der Waals surface area contributed by atoms with Gasteiger partial charge in [0.25, 0.3) is 0 Å². The molecule has 0 radical (unpaired) electrons. The monoisotopic (exact) mass is 328 g/mol. The molecule has 0 aliphatic heterocycles. The van der Waals surface area contributed by atoms with Crippen LogP contribution in [0.4, 0.5) is 0 Å². The molecule has 0 bridgehead atoms. The summed E-state index contributed by atoms with van der Waals surface area (Å²) >= 11 is 0. The molecule has 0 saturated heterocycles. The van der Waals surface area contributed by atoms with Crippen molar-refractivity contribution in [2.24, 2.45) is 0 Å². The van der Waals surface area contributed by atoms with Gasteiger partial charge in [-0.05, 0) is 38.0 Å². The highest BCUT2D eigenvalue weighted by molar-refractivity contribution is 5.65. The van der Waals surface area contributed by atoms with Crippen LogP contribution in [0.2, 0.25) is 0 Å². The second kappa shape index (κ2) is 12.5. The normalized spacial score (nSPS) is 12.5. The number of phenols is 2. The molecule has 0 aliphatic carbocycles. The third-order valence-corrected chi connectivity index (χ3v) is 4.04. The number of hydrogen-bond donors (Lipinski definition) is 2. The van der Waals surface area contributed by atoms with E-state index in [1.807, 2.05) is 13.0 Å². The molecule has 1 aromatic rings. The zero-order valence-electron chi connectivity index (χ0n) is 15.2. The van der Waals surface area contributed by atoms with Gasteiger partial charge in [-0.15, -0.1) is 0 Å². The Morgan fingerprint density at radius 3 is 2.25 bits per heavy atom. The zero-order chi connectivity index (χ0) is 17.6. The molecule has 0 aliphatic rings. The van der Waals surface area contributed by atoms with Gasteiger partial charge in [0.05, 0.1) is 5.56 Å². The molecule has 1 aromatic carbocycles. The fourth-order valence-electron chi connectivity index (χ4n) is 2.52. The molecular weight excluding hydrogens is 296 g/mol. The largest absolute Gasteiger partial charge is 0.507 e. The fraction of sp³-hybridized carbons (Fsp3) is 0.455. The van der Waals surface area contributed by atoms with Crippen LogP contribution in [0.1, 0.15) is 70.8 Å². The van der Waals surface area contributed by atoms with Crippen molar-refractivity contribution in [2.75, 3.05) is 0 Å². The second-order valence-corrected chi connectivity index (χ2v) is 6.29. The smallest absolute Gasteiger partial charge is 0.126 e. The van der Waals surface area contributed by atoms with E-state index in [1.165, 1.54) is 44.9 Å². The van der Waals surface area contributed by atoms with Gasteiger partial charge in [0.15, 0.2) is 0 Å². The molecule has 2 N–H and O–H groups in total. The maximum Gasteiger partial charge on any atom is 0.126 e. The Balaban J connectivity index is 2.28. The van der Waals surface area contributed by atoms with Gasteiger partial charge in [0, 0.05) is 0 Å². The first-order valence-corrected chi connectivity index (χ1v) is 9.17. The second-order valence-electron chi connectivity index (χ2n) is 6.29. The van der Waals surface area contributed by atoms with E-state index in [-0.39, 0.29) is 11.5 Å². The Bertz CT molecular complexity index is 533. The van der Waals surface area contributed by atoms with E-state index >= 15 is 0 Å². The molecule has 0 saturated carbocycles. The van der Waals surface area contributed by atoms with Gasteiger partial charge in [0.2, 0.25) is 0 Å². The van der Waals surface area contributed by atoms with Crippen LogP contribution < -0.4 is 0 Å². The number of aromatic hydroxyl groups is 2. The van der Waals surface area contributed by atoms with Crippen molar-refractivity contribution in [3.63, 3.8) is 0 Å². The van der Waals surface area contributed by atoms with Gasteiger partial charge in [-0.3, -0.25) is 0 Å². The van der Waals surface area contributed by atoms with Crippen molar-refractivity contribution in [3.05, 3.63) is 53.6 Å². The van der Waals surface area contributed by atoms with E-state index in [2.05, 4.69) is 25.2 Å². The molecule has 0 amide bonds. The number of phenolic OH excluding ortho intramolecular Hbond substituents is 2. The van der Waals surface area contributed by atoms with Gasteiger partial charge >= 0.3 is 0 Å². The van der Waals surface area contributed by atoms with Crippen LogP contribution in [0.5, 0.6) is 11.5 Å². The topological polar surface area (TPSA) is 40.5 Å². The number of rotatable bonds is 11. The highest BCUT2D eigenvalue weighted by atomic mass is 16.3. The molecule has 2 nitrogen and oxygen atoms in total. The number of hydrogen-bond acceptors (Lipinski definition) is 2. The molecule has 0 unspecified atom stereocenters. The summed E-state index contributed by atoms with van der Waals surface area (Å²) in [7, 11) is 0. The molecule has 24 heavy (non-hydrogen) atoms. The Hall–Kier alpha value is -1.96. The van der Waals surface area contributed by atoms with E-state index in [1.54, 1.807) is 24.3 Å². The maximum atomic E-state index is 9.72. The minimum absolute atomic E-state index is 0.0912. The van der Waals surface area contributed by atoms with Gasteiger partial charge in [-0.25, -0.2) is 0 Å². The predicted molar refractivity (Wildman–Crippen MR) is 104 cm³/mol. The Kier molecular flexibility index (Phi) is 10.4. The van der Waals surface area contributed by atoms with Crippen LogP contribution in [0.15, 0.2) is 48.1 Å². The van der Waals surface area contributed by atoms with Crippen LogP contribution in [0.25, 0.3) is 6.08 Å². The van der Waals surface area contributed by atoms with Crippen molar-refractivity contribution in [1.82, 2.24) is 0 Å². The quantitative estimate of drug-likeness (QED) is 0.348. The minimum Gasteiger partial charge on any atom is -0.507 e. The van der Waals surface area contributed by atoms with Crippen LogP contribution >= 0.6 is 0 Å². The zero-order valence-corrected chi connectivity index (χ0v) is 15.2. The number of benzene rings is 1. The van der Waals surface area contributed by atoms with Crippen molar-refractivity contribution in [3.8, 4) is 11.5 Å². The first kappa shape index (κ1) is 20.1. The average Bonchev–Trinajstić information content (AvgIpc) is 2.56. The summed E-state index contributed by atoms with van der Waals surface area (Å²) in [5.41, 5.74) is 1.53. The van der Waals surface area contributed by atoms with Gasteiger partial charge in [0.1, 0.15) is 11.5 Å². The molecule has 0 spiro atoms. The number of unbranched alkanes of at least 4 members (excludes halogenated alkanes) is 7. The van der Waals surface area contributed by atoms with E-state index in [0.717, 1.165) is 12.0 Å². The molecule has 0 heterocycles. The molecule has 0 atom stereocenters. The standard InChI is InChI=1S/C22H32O2/c1-3-4-5-6-7-8-9-10-11-12-14-19(2)17-18-20-21(23)15-13-16-22(20)24/h11-18,23-24H,3-10H2,1-2H3. The molecule has 132 valence electrons. The molecule has 0 fully saturated rings. The third-order valence-electron chi connectivity index (χ3n) is 4.04. The van der Waals surface area contributed by atoms with Crippen molar-refractivity contribution in [1.29, 1.82) is 0 Å². The van der Waals surface area contributed by atoms with Crippen LogP contribution in [-0.2, 0) is 0 Å². The van der Waals surface area contributed by atoms with Crippen LogP contribution in [-0.4, -0.2) is 10.2 Å². The maximum absolute atomic E-state index is 9.72. The summed E-state index contributed by atoms with van der Waals surface area (Å²) in [6.45, 7) is 4.26. The highest BCUT2D eigenvalue weighted by Crippen LogP contribution is 2.27. The average molecular weight is 328 g/mol. The first-order chi connectivity index (χ1) is 11.6. The van der Waals surface area contributed by atoms with E-state index in [4.69, 9.17) is 0 Å². The van der Waals surface area contributed by atoms with E-state index in [0.29, 0.717) is 5.56 Å². The summed E-state index contributed by atoms with van der Waals surface area (Å²) in [6.07, 6.45) is 20.5. The Morgan fingerprint density at radius 1 is 0.958 bits per heavy atom. The molecule has 2 heteroatoms. The van der Waals surface area contributed by atoms with Crippen LogP contribution in [0, 0.1) is 0 Å². The SMILES string of the molecule is CCCCCCCCCC=CC=C(C)C=Cc1c(O)cccc1O. The summed E-state index contributed by atoms with van der Waals surface area (Å²) in [5, 5.41) is 19.4. The lowest BCUT2D eigenvalue weighted by Crippen LogP contribution is -1.78. The minimum atomic E-state index is 0.0912. The van der Waals surface area contributed by atoms with Gasteiger partial charge in [-0.1, -0.05) is 81.4 Å². The van der Waals surface area contributed by atoms with Crippen molar-refractivity contribution >= 4 is 6.08 Å². The summed E-state index contributed by atoms with van der Waals surface area (Å²) in [6, 6.07) is 4.76. The summed E-state index contributed by atoms with van der Waals surface area (Å²) in [4.78, 5) is 0.